The maximum atomic E-state index is 6.70. The number of nitrogens with two attached hydrogens (primary N) is 1. The van der Waals surface area contributed by atoms with Crippen LogP contribution < -0.4 is 5.73 Å². The Morgan fingerprint density at radius 1 is 1.10 bits per heavy atom. The van der Waals surface area contributed by atoms with Gasteiger partial charge in [0, 0.05) is 25.2 Å². The van der Waals surface area contributed by atoms with Crippen molar-refractivity contribution < 1.29 is 0 Å². The molecule has 0 saturated carbocycles. The molecule has 1 aliphatic rings. The highest BCUT2D eigenvalue weighted by molar-refractivity contribution is 5.32. The van der Waals surface area contributed by atoms with E-state index >= 15 is 0 Å². The first-order valence-corrected chi connectivity index (χ1v) is 8.56. The van der Waals surface area contributed by atoms with Crippen LogP contribution in [0.25, 0.3) is 0 Å². The number of hydrogen-bond acceptors (Lipinski definition) is 2. The third-order valence-electron chi connectivity index (χ3n) is 4.44. The number of rotatable bonds is 5. The molecule has 0 saturated heterocycles. The molecule has 0 aliphatic heterocycles. The Morgan fingerprint density at radius 2 is 1.71 bits per heavy atom. The molecule has 0 spiro atoms. The molecule has 21 heavy (non-hydrogen) atoms. The summed E-state index contributed by atoms with van der Waals surface area (Å²) in [5.74, 6) is 1.38. The van der Waals surface area contributed by atoms with Gasteiger partial charge < -0.3 is 5.73 Å². The van der Waals surface area contributed by atoms with Gasteiger partial charge >= 0.3 is 0 Å². The van der Waals surface area contributed by atoms with Crippen molar-refractivity contribution in [3.8, 4) is 0 Å². The molecular weight excluding hydrogens is 256 g/mol. The second kappa shape index (κ2) is 7.42. The highest BCUT2D eigenvalue weighted by Crippen LogP contribution is 2.31. The van der Waals surface area contributed by atoms with Crippen LogP contribution in [-0.4, -0.2) is 24.0 Å². The Balaban J connectivity index is 2.23. The van der Waals surface area contributed by atoms with Crippen molar-refractivity contribution in [2.75, 3.05) is 13.1 Å². The van der Waals surface area contributed by atoms with Crippen LogP contribution in [-0.2, 0) is 6.42 Å². The number of nitrogens with zero attached hydrogens (tertiary/aromatic N) is 1. The normalized spacial score (nSPS) is 22.7. The summed E-state index contributed by atoms with van der Waals surface area (Å²) in [6.45, 7) is 11.5. The molecule has 1 aromatic carbocycles. The first kappa shape index (κ1) is 16.5. The third kappa shape index (κ3) is 4.31. The van der Waals surface area contributed by atoms with Crippen LogP contribution in [0.5, 0.6) is 0 Å². The Bertz CT molecular complexity index is 429. The molecule has 0 radical (unpaired) electrons. The van der Waals surface area contributed by atoms with Crippen molar-refractivity contribution >= 4 is 0 Å². The summed E-state index contributed by atoms with van der Waals surface area (Å²) in [6.07, 6.45) is 3.65. The lowest BCUT2D eigenvalue weighted by atomic mass is 9.94. The van der Waals surface area contributed by atoms with E-state index in [0.29, 0.717) is 17.9 Å². The Labute approximate surface area is 130 Å². The quantitative estimate of drug-likeness (QED) is 0.830. The SMILES string of the molecule is CC(C)CN(CC(C)C)C1CCCc2ccccc2C1N. The topological polar surface area (TPSA) is 29.3 Å². The zero-order valence-electron chi connectivity index (χ0n) is 14.2. The van der Waals surface area contributed by atoms with Crippen LogP contribution in [0, 0.1) is 11.8 Å². The molecule has 0 heterocycles. The minimum atomic E-state index is 0.154. The molecule has 2 nitrogen and oxygen atoms in total. The van der Waals surface area contributed by atoms with Gasteiger partial charge in [0.25, 0.3) is 0 Å². The monoisotopic (exact) mass is 288 g/mol. The van der Waals surface area contributed by atoms with Gasteiger partial charge in [-0.05, 0) is 42.2 Å². The Hall–Kier alpha value is -0.860. The highest BCUT2D eigenvalue weighted by Gasteiger charge is 2.30. The van der Waals surface area contributed by atoms with Crippen molar-refractivity contribution in [3.63, 3.8) is 0 Å². The van der Waals surface area contributed by atoms with Crippen molar-refractivity contribution in [1.82, 2.24) is 4.90 Å². The second-order valence-corrected chi connectivity index (χ2v) is 7.43. The molecular formula is C19H32N2. The third-order valence-corrected chi connectivity index (χ3v) is 4.44. The number of benzene rings is 1. The van der Waals surface area contributed by atoms with Crippen LogP contribution in [0.15, 0.2) is 24.3 Å². The lowest BCUT2D eigenvalue weighted by Crippen LogP contribution is -2.45. The van der Waals surface area contributed by atoms with E-state index in [1.807, 2.05) is 0 Å². The van der Waals surface area contributed by atoms with E-state index < -0.39 is 0 Å². The van der Waals surface area contributed by atoms with Gasteiger partial charge in [0.15, 0.2) is 0 Å². The largest absolute Gasteiger partial charge is 0.323 e. The van der Waals surface area contributed by atoms with E-state index in [1.165, 1.54) is 30.4 Å². The summed E-state index contributed by atoms with van der Waals surface area (Å²) >= 11 is 0. The van der Waals surface area contributed by atoms with Crippen LogP contribution in [0.2, 0.25) is 0 Å². The molecule has 118 valence electrons. The predicted molar refractivity (Wildman–Crippen MR) is 91.3 cm³/mol. The van der Waals surface area contributed by atoms with E-state index in [4.69, 9.17) is 5.73 Å². The molecule has 0 aromatic heterocycles. The average molecular weight is 288 g/mol. The van der Waals surface area contributed by atoms with E-state index in [2.05, 4.69) is 56.9 Å². The molecule has 2 rings (SSSR count). The number of hydrogen-bond donors (Lipinski definition) is 1. The molecule has 1 aromatic rings. The first-order valence-electron chi connectivity index (χ1n) is 8.56. The summed E-state index contributed by atoms with van der Waals surface area (Å²) in [5.41, 5.74) is 9.53. The van der Waals surface area contributed by atoms with Gasteiger partial charge in [0.2, 0.25) is 0 Å². The lowest BCUT2D eigenvalue weighted by Gasteiger charge is -2.37. The minimum Gasteiger partial charge on any atom is -0.323 e. The van der Waals surface area contributed by atoms with Gasteiger partial charge in [-0.3, -0.25) is 4.90 Å². The van der Waals surface area contributed by atoms with E-state index in [1.54, 1.807) is 0 Å². The molecule has 0 bridgehead atoms. The molecule has 2 heteroatoms. The number of fused-ring (bicyclic) bond motifs is 1. The van der Waals surface area contributed by atoms with Crippen molar-refractivity contribution in [1.29, 1.82) is 0 Å². The fourth-order valence-corrected chi connectivity index (χ4v) is 3.67. The highest BCUT2D eigenvalue weighted by atomic mass is 15.2. The summed E-state index contributed by atoms with van der Waals surface area (Å²) in [6, 6.07) is 9.41. The van der Waals surface area contributed by atoms with Crippen LogP contribution in [0.4, 0.5) is 0 Å². The average Bonchev–Trinajstić information content (AvgIpc) is 2.57. The molecule has 0 amide bonds. The second-order valence-electron chi connectivity index (χ2n) is 7.43. The van der Waals surface area contributed by atoms with Gasteiger partial charge in [0.05, 0.1) is 0 Å². The molecule has 0 fully saturated rings. The smallest absolute Gasteiger partial charge is 0.0455 e. The van der Waals surface area contributed by atoms with Gasteiger partial charge in [-0.1, -0.05) is 52.0 Å². The molecule has 2 N–H and O–H groups in total. The van der Waals surface area contributed by atoms with Crippen molar-refractivity contribution in [2.45, 2.75) is 59.0 Å². The van der Waals surface area contributed by atoms with E-state index in [0.717, 1.165) is 13.1 Å². The van der Waals surface area contributed by atoms with Crippen molar-refractivity contribution in [3.05, 3.63) is 35.4 Å². The molecule has 2 unspecified atom stereocenters. The fraction of sp³-hybridized carbons (Fsp3) is 0.684. The number of aryl methyl sites for hydroxylation is 1. The van der Waals surface area contributed by atoms with E-state index in [-0.39, 0.29) is 6.04 Å². The minimum absolute atomic E-state index is 0.154. The van der Waals surface area contributed by atoms with Crippen molar-refractivity contribution in [2.24, 2.45) is 17.6 Å². The Morgan fingerprint density at radius 3 is 2.33 bits per heavy atom. The lowest BCUT2D eigenvalue weighted by molar-refractivity contribution is 0.129. The maximum absolute atomic E-state index is 6.70. The van der Waals surface area contributed by atoms with Crippen LogP contribution in [0.3, 0.4) is 0 Å². The van der Waals surface area contributed by atoms with Gasteiger partial charge in [-0.15, -0.1) is 0 Å². The predicted octanol–water partition coefficient (Wildman–Crippen LogP) is 4.01. The Kier molecular flexibility index (Phi) is 5.83. The van der Waals surface area contributed by atoms with Gasteiger partial charge in [-0.25, -0.2) is 0 Å². The maximum Gasteiger partial charge on any atom is 0.0455 e. The van der Waals surface area contributed by atoms with Gasteiger partial charge in [0.1, 0.15) is 0 Å². The summed E-state index contributed by atoms with van der Waals surface area (Å²) < 4.78 is 0. The van der Waals surface area contributed by atoms with Crippen LogP contribution in [0.1, 0.15) is 57.7 Å². The first-order chi connectivity index (χ1) is 9.99. The van der Waals surface area contributed by atoms with E-state index in [9.17, 15) is 0 Å². The van der Waals surface area contributed by atoms with Crippen LogP contribution >= 0.6 is 0 Å². The molecule has 1 aliphatic carbocycles. The molecule has 2 atom stereocenters. The summed E-state index contributed by atoms with van der Waals surface area (Å²) in [4.78, 5) is 2.65. The summed E-state index contributed by atoms with van der Waals surface area (Å²) in [5, 5.41) is 0. The fourth-order valence-electron chi connectivity index (χ4n) is 3.67. The zero-order valence-corrected chi connectivity index (χ0v) is 14.2. The zero-order chi connectivity index (χ0) is 15.4. The summed E-state index contributed by atoms with van der Waals surface area (Å²) in [7, 11) is 0. The standard InChI is InChI=1S/C19H32N2/c1-14(2)12-21(13-15(3)4)18-11-7-9-16-8-5-6-10-17(16)19(18)20/h5-6,8,10,14-15,18-19H,7,9,11-13,20H2,1-4H3. The van der Waals surface area contributed by atoms with Gasteiger partial charge in [-0.2, -0.15) is 0 Å².